The Morgan fingerprint density at radius 1 is 1.16 bits per heavy atom. The summed E-state index contributed by atoms with van der Waals surface area (Å²) in [6, 6.07) is 5.53. The minimum Gasteiger partial charge on any atom is -0.472 e. The molecule has 0 saturated carbocycles. The molecule has 4 rings (SSSR count). The number of fused-ring (bicyclic) bond motifs is 1. The van der Waals surface area contributed by atoms with Crippen molar-refractivity contribution in [3.63, 3.8) is 0 Å². The molecule has 7 nitrogen and oxygen atoms in total. The lowest BCUT2D eigenvalue weighted by atomic mass is 10.1. The normalized spacial score (nSPS) is 14.9. The number of nitrogens with one attached hydrogen (secondary N) is 1. The van der Waals surface area contributed by atoms with Crippen LogP contribution in [0.15, 0.2) is 47.5 Å². The van der Waals surface area contributed by atoms with Crippen LogP contribution in [0.4, 0.5) is 0 Å². The lowest BCUT2D eigenvalue weighted by Crippen LogP contribution is -2.51. The molecule has 2 amide bonds. The van der Waals surface area contributed by atoms with Crippen molar-refractivity contribution in [3.05, 3.63) is 54.2 Å². The zero-order valence-electron chi connectivity index (χ0n) is 13.6. The molecule has 7 heteroatoms. The van der Waals surface area contributed by atoms with Crippen molar-refractivity contribution in [2.75, 3.05) is 26.2 Å². The van der Waals surface area contributed by atoms with Crippen LogP contribution in [0.2, 0.25) is 0 Å². The summed E-state index contributed by atoms with van der Waals surface area (Å²) in [5.74, 6) is 0.0152. The molecule has 128 valence electrons. The van der Waals surface area contributed by atoms with Crippen molar-refractivity contribution in [1.29, 1.82) is 0 Å². The van der Waals surface area contributed by atoms with Gasteiger partial charge in [0.05, 0.1) is 24.5 Å². The van der Waals surface area contributed by atoms with Gasteiger partial charge in [0.25, 0.3) is 5.91 Å². The Hall–Kier alpha value is -3.09. The van der Waals surface area contributed by atoms with E-state index >= 15 is 0 Å². The molecule has 0 spiro atoms. The fourth-order valence-electron chi connectivity index (χ4n) is 3.08. The Morgan fingerprint density at radius 2 is 1.96 bits per heavy atom. The third kappa shape index (κ3) is 3.13. The molecule has 0 radical (unpaired) electrons. The molecule has 1 fully saturated rings. The molecule has 4 heterocycles. The van der Waals surface area contributed by atoms with E-state index in [9.17, 15) is 9.59 Å². The molecule has 1 N–H and O–H groups in total. The molecule has 1 aliphatic rings. The standard InChI is InChI=1S/C18H18N4O3/c23-16(9-13-2-8-25-12-13)21-4-6-22(7-5-21)18(24)15-10-14-1-3-19-17(14)20-11-15/h1-3,8,10-12H,4-7,9H2,(H,19,20). The van der Waals surface area contributed by atoms with Gasteiger partial charge >= 0.3 is 0 Å². The van der Waals surface area contributed by atoms with Gasteiger partial charge in [-0.2, -0.15) is 0 Å². The SMILES string of the molecule is O=C(Cc1ccoc1)N1CCN(C(=O)c2cnc3[nH]ccc3c2)CC1. The Balaban J connectivity index is 1.37. The Morgan fingerprint density at radius 3 is 2.72 bits per heavy atom. The number of aromatic nitrogens is 2. The van der Waals surface area contributed by atoms with Crippen LogP contribution in [-0.2, 0) is 11.2 Å². The van der Waals surface area contributed by atoms with Crippen LogP contribution in [0, 0.1) is 0 Å². The second-order valence-corrected chi connectivity index (χ2v) is 6.12. The van der Waals surface area contributed by atoms with Crippen molar-refractivity contribution in [2.24, 2.45) is 0 Å². The molecule has 0 aromatic carbocycles. The van der Waals surface area contributed by atoms with E-state index in [4.69, 9.17) is 4.42 Å². The van der Waals surface area contributed by atoms with E-state index in [1.807, 2.05) is 12.1 Å². The zero-order chi connectivity index (χ0) is 17.2. The highest BCUT2D eigenvalue weighted by Crippen LogP contribution is 2.15. The maximum absolute atomic E-state index is 12.7. The van der Waals surface area contributed by atoms with Crippen LogP contribution >= 0.6 is 0 Å². The second-order valence-electron chi connectivity index (χ2n) is 6.12. The molecule has 0 atom stereocenters. The van der Waals surface area contributed by atoms with Crippen molar-refractivity contribution in [1.82, 2.24) is 19.8 Å². The van der Waals surface area contributed by atoms with Gasteiger partial charge in [-0.05, 0) is 23.8 Å². The number of H-pyrrole nitrogens is 1. The Kier molecular flexibility index (Phi) is 3.97. The molecule has 0 aliphatic carbocycles. The van der Waals surface area contributed by atoms with E-state index in [2.05, 4.69) is 9.97 Å². The maximum atomic E-state index is 12.7. The highest BCUT2D eigenvalue weighted by Gasteiger charge is 2.25. The fraction of sp³-hybridized carbons (Fsp3) is 0.278. The predicted octanol–water partition coefficient (Wildman–Crippen LogP) is 1.68. The number of carbonyl (C=O) groups excluding carboxylic acids is 2. The number of piperazine rings is 1. The zero-order valence-corrected chi connectivity index (χ0v) is 13.6. The van der Waals surface area contributed by atoms with Crippen molar-refractivity contribution in [2.45, 2.75) is 6.42 Å². The number of nitrogens with zero attached hydrogens (tertiary/aromatic N) is 3. The van der Waals surface area contributed by atoms with E-state index in [0.29, 0.717) is 38.2 Å². The van der Waals surface area contributed by atoms with Crippen molar-refractivity contribution < 1.29 is 14.0 Å². The van der Waals surface area contributed by atoms with Gasteiger partial charge in [0, 0.05) is 44.0 Å². The van der Waals surface area contributed by atoms with E-state index in [1.165, 1.54) is 0 Å². The number of pyridine rings is 1. The topological polar surface area (TPSA) is 82.4 Å². The van der Waals surface area contributed by atoms with E-state index in [1.54, 1.807) is 40.8 Å². The minimum atomic E-state index is -0.0440. The number of rotatable bonds is 3. The van der Waals surface area contributed by atoms with Gasteiger partial charge in [-0.25, -0.2) is 4.98 Å². The number of amides is 2. The summed E-state index contributed by atoms with van der Waals surface area (Å²) in [5, 5.41) is 0.916. The molecule has 3 aromatic rings. The van der Waals surface area contributed by atoms with E-state index < -0.39 is 0 Å². The lowest BCUT2D eigenvalue weighted by molar-refractivity contribution is -0.131. The van der Waals surface area contributed by atoms with Gasteiger partial charge in [-0.3, -0.25) is 9.59 Å². The number of hydrogen-bond acceptors (Lipinski definition) is 4. The lowest BCUT2D eigenvalue weighted by Gasteiger charge is -2.34. The van der Waals surface area contributed by atoms with Crippen LogP contribution in [0.3, 0.4) is 0 Å². The number of furan rings is 1. The first kappa shape index (κ1) is 15.4. The van der Waals surface area contributed by atoms with Gasteiger partial charge in [-0.15, -0.1) is 0 Å². The van der Waals surface area contributed by atoms with Crippen LogP contribution in [0.1, 0.15) is 15.9 Å². The molecule has 1 aliphatic heterocycles. The first-order valence-corrected chi connectivity index (χ1v) is 8.22. The van der Waals surface area contributed by atoms with Crippen LogP contribution in [0.25, 0.3) is 11.0 Å². The summed E-state index contributed by atoms with van der Waals surface area (Å²) < 4.78 is 4.99. The summed E-state index contributed by atoms with van der Waals surface area (Å²) in [6.45, 7) is 2.15. The summed E-state index contributed by atoms with van der Waals surface area (Å²) in [6.07, 6.45) is 6.88. The van der Waals surface area contributed by atoms with Gasteiger partial charge in [0.15, 0.2) is 0 Å². The highest BCUT2D eigenvalue weighted by atomic mass is 16.3. The van der Waals surface area contributed by atoms with Gasteiger partial charge < -0.3 is 19.2 Å². The molecule has 25 heavy (non-hydrogen) atoms. The van der Waals surface area contributed by atoms with Crippen molar-refractivity contribution in [3.8, 4) is 0 Å². The first-order valence-electron chi connectivity index (χ1n) is 8.22. The van der Waals surface area contributed by atoms with Crippen LogP contribution < -0.4 is 0 Å². The molecular weight excluding hydrogens is 320 g/mol. The van der Waals surface area contributed by atoms with Gasteiger partial charge in [0.2, 0.25) is 5.91 Å². The third-order valence-electron chi connectivity index (χ3n) is 4.50. The quantitative estimate of drug-likeness (QED) is 0.788. The van der Waals surface area contributed by atoms with E-state index in [0.717, 1.165) is 16.6 Å². The summed E-state index contributed by atoms with van der Waals surface area (Å²) in [7, 11) is 0. The molecule has 0 unspecified atom stereocenters. The molecule has 1 saturated heterocycles. The predicted molar refractivity (Wildman–Crippen MR) is 91.0 cm³/mol. The maximum Gasteiger partial charge on any atom is 0.255 e. The van der Waals surface area contributed by atoms with Gasteiger partial charge in [-0.1, -0.05) is 0 Å². The average Bonchev–Trinajstić information content (AvgIpc) is 3.32. The smallest absolute Gasteiger partial charge is 0.255 e. The summed E-state index contributed by atoms with van der Waals surface area (Å²) in [4.78, 5) is 35.8. The Bertz CT molecular complexity index is 892. The highest BCUT2D eigenvalue weighted by molar-refractivity contribution is 5.97. The van der Waals surface area contributed by atoms with Crippen LogP contribution in [0.5, 0.6) is 0 Å². The number of hydrogen-bond donors (Lipinski definition) is 1. The monoisotopic (exact) mass is 338 g/mol. The molecular formula is C18H18N4O3. The van der Waals surface area contributed by atoms with Crippen LogP contribution in [-0.4, -0.2) is 57.8 Å². The third-order valence-corrected chi connectivity index (χ3v) is 4.50. The Labute approximate surface area is 144 Å². The van der Waals surface area contributed by atoms with Crippen molar-refractivity contribution >= 4 is 22.8 Å². The van der Waals surface area contributed by atoms with Gasteiger partial charge in [0.1, 0.15) is 5.65 Å². The summed E-state index contributed by atoms with van der Waals surface area (Å²) in [5.41, 5.74) is 2.21. The second kappa shape index (κ2) is 6.43. The van der Waals surface area contributed by atoms with E-state index in [-0.39, 0.29) is 11.8 Å². The fourth-order valence-corrected chi connectivity index (χ4v) is 3.08. The summed E-state index contributed by atoms with van der Waals surface area (Å²) >= 11 is 0. The largest absolute Gasteiger partial charge is 0.472 e. The molecule has 3 aromatic heterocycles. The average molecular weight is 338 g/mol. The first-order chi connectivity index (χ1) is 12.2. The molecule has 0 bridgehead atoms. The number of aromatic amines is 1. The number of carbonyl (C=O) groups is 2. The minimum absolute atomic E-state index is 0.0440.